The summed E-state index contributed by atoms with van der Waals surface area (Å²) in [7, 11) is 0. The Labute approximate surface area is 93.4 Å². The summed E-state index contributed by atoms with van der Waals surface area (Å²) < 4.78 is 39.0. The number of aliphatic hydroxyl groups is 1. The summed E-state index contributed by atoms with van der Waals surface area (Å²) in [4.78, 5) is 10.3. The van der Waals surface area contributed by atoms with Crippen LogP contribution in [0.5, 0.6) is 5.75 Å². The molecule has 0 fully saturated rings. The van der Waals surface area contributed by atoms with Gasteiger partial charge >= 0.3 is 6.36 Å². The molecule has 16 heavy (non-hydrogen) atoms. The highest BCUT2D eigenvalue weighted by Crippen LogP contribution is 2.27. The van der Waals surface area contributed by atoms with Crippen LogP contribution in [0.3, 0.4) is 0 Å². The Kier molecular flexibility index (Phi) is 3.44. The Balaban J connectivity index is 2.88. The number of rotatable bonds is 3. The predicted molar refractivity (Wildman–Crippen MR) is 48.9 cm³/mol. The average Bonchev–Trinajstić information content (AvgIpc) is 2.16. The monoisotopic (exact) mass is 254 g/mol. The van der Waals surface area contributed by atoms with Crippen LogP contribution >= 0.6 is 11.6 Å². The lowest BCUT2D eigenvalue weighted by atomic mass is 10.1. The highest BCUT2D eigenvalue weighted by Gasteiger charge is 2.31. The molecule has 0 saturated carbocycles. The second kappa shape index (κ2) is 4.31. The molecule has 1 unspecified atom stereocenters. The van der Waals surface area contributed by atoms with Gasteiger partial charge in [-0.3, -0.25) is 4.79 Å². The van der Waals surface area contributed by atoms with Crippen LogP contribution in [0.25, 0.3) is 0 Å². The third kappa shape index (κ3) is 3.39. The Bertz CT molecular complexity index is 373. The number of ether oxygens (including phenoxy) is 1. The van der Waals surface area contributed by atoms with Gasteiger partial charge in [-0.25, -0.2) is 0 Å². The van der Waals surface area contributed by atoms with Crippen molar-refractivity contribution in [1.82, 2.24) is 0 Å². The zero-order valence-electron chi connectivity index (χ0n) is 7.66. The van der Waals surface area contributed by atoms with E-state index in [1.807, 2.05) is 0 Å². The van der Waals surface area contributed by atoms with Crippen LogP contribution in [-0.2, 0) is 9.85 Å². The van der Waals surface area contributed by atoms with Crippen molar-refractivity contribution in [3.8, 4) is 5.75 Å². The molecule has 0 aliphatic carbocycles. The molecule has 7 heteroatoms. The van der Waals surface area contributed by atoms with E-state index in [1.165, 1.54) is 0 Å². The first-order valence-corrected chi connectivity index (χ1v) is 4.36. The van der Waals surface area contributed by atoms with Crippen LogP contribution in [-0.4, -0.2) is 17.8 Å². The van der Waals surface area contributed by atoms with Crippen molar-refractivity contribution in [2.75, 3.05) is 0 Å². The van der Waals surface area contributed by atoms with Crippen molar-refractivity contribution in [1.29, 1.82) is 0 Å². The molecule has 1 aromatic carbocycles. The number of carbonyl (C=O) groups excluding carboxylic acids is 1. The molecule has 1 N–H and O–H groups in total. The predicted octanol–water partition coefficient (Wildman–Crippen LogP) is 2.17. The van der Waals surface area contributed by atoms with Crippen molar-refractivity contribution >= 4 is 17.9 Å². The molecular formula is C9H6ClF3O3. The summed E-state index contributed by atoms with van der Waals surface area (Å²) in [6.07, 6.45) is -4.72. The molecule has 0 saturated heterocycles. The van der Waals surface area contributed by atoms with Crippen LogP contribution in [0, 0.1) is 0 Å². The number of hydrogen-bond donors (Lipinski definition) is 1. The van der Waals surface area contributed by atoms with Crippen molar-refractivity contribution in [3.05, 3.63) is 29.8 Å². The fourth-order valence-electron chi connectivity index (χ4n) is 0.958. The first-order chi connectivity index (χ1) is 7.24. The minimum Gasteiger partial charge on any atom is -0.406 e. The van der Waals surface area contributed by atoms with Gasteiger partial charge in [-0.15, -0.1) is 13.2 Å². The van der Waals surface area contributed by atoms with E-state index in [2.05, 4.69) is 4.74 Å². The maximum Gasteiger partial charge on any atom is 0.573 e. The second-order valence-electron chi connectivity index (χ2n) is 2.86. The molecule has 3 nitrogen and oxygen atoms in total. The van der Waals surface area contributed by atoms with E-state index >= 15 is 0 Å². The number of aldehydes is 1. The Morgan fingerprint density at radius 1 is 1.25 bits per heavy atom. The van der Waals surface area contributed by atoms with E-state index in [1.54, 1.807) is 0 Å². The molecule has 1 aromatic rings. The Morgan fingerprint density at radius 2 is 1.75 bits per heavy atom. The average molecular weight is 255 g/mol. The number of carbonyl (C=O) groups is 1. The summed E-state index contributed by atoms with van der Waals surface area (Å²) in [5.74, 6) is -0.463. The zero-order chi connectivity index (χ0) is 12.4. The third-order valence-corrected chi connectivity index (χ3v) is 1.96. The molecule has 0 aromatic heterocycles. The number of halogens is 4. The molecular weight excluding hydrogens is 249 g/mol. The summed E-state index contributed by atoms with van der Waals surface area (Å²) in [6, 6.07) is 4.00. The van der Waals surface area contributed by atoms with Crippen LogP contribution in [0.2, 0.25) is 0 Å². The molecule has 88 valence electrons. The lowest BCUT2D eigenvalue weighted by molar-refractivity contribution is -0.274. The second-order valence-corrected chi connectivity index (χ2v) is 3.44. The minimum atomic E-state index is -4.79. The fourth-order valence-corrected chi connectivity index (χ4v) is 1.08. The van der Waals surface area contributed by atoms with E-state index in [4.69, 9.17) is 11.6 Å². The largest absolute Gasteiger partial charge is 0.573 e. The summed E-state index contributed by atoms with van der Waals surface area (Å²) in [5, 5.41) is 7.01. The topological polar surface area (TPSA) is 46.5 Å². The van der Waals surface area contributed by atoms with Gasteiger partial charge in [0.05, 0.1) is 0 Å². The van der Waals surface area contributed by atoms with Crippen molar-refractivity contribution in [2.24, 2.45) is 0 Å². The first-order valence-electron chi connectivity index (χ1n) is 3.98. The maximum atomic E-state index is 11.8. The highest BCUT2D eigenvalue weighted by molar-refractivity contribution is 6.30. The maximum absolute atomic E-state index is 11.8. The van der Waals surface area contributed by atoms with Gasteiger partial charge in [0, 0.05) is 5.56 Å². The molecule has 0 aliphatic rings. The molecule has 0 spiro atoms. The normalized spacial score (nSPS) is 15.3. The summed E-state index contributed by atoms with van der Waals surface area (Å²) in [6.45, 7) is 0. The zero-order valence-corrected chi connectivity index (χ0v) is 8.42. The molecule has 1 rings (SSSR count). The van der Waals surface area contributed by atoms with Crippen LogP contribution < -0.4 is 4.74 Å². The van der Waals surface area contributed by atoms with Gasteiger partial charge in [0.25, 0.3) is 0 Å². The highest BCUT2D eigenvalue weighted by atomic mass is 35.5. The molecule has 0 radical (unpaired) electrons. The van der Waals surface area contributed by atoms with Crippen LogP contribution in [0.1, 0.15) is 5.56 Å². The smallest absolute Gasteiger partial charge is 0.406 e. The Hall–Kier alpha value is -1.27. The third-order valence-electron chi connectivity index (χ3n) is 1.65. The number of benzene rings is 1. The van der Waals surface area contributed by atoms with Crippen LogP contribution in [0.15, 0.2) is 24.3 Å². The standard InChI is InChI=1S/C9H6ClF3O3/c10-8(15,5-14)6-1-3-7(4-2-6)16-9(11,12)13/h1-5,15H. The van der Waals surface area contributed by atoms with E-state index in [0.717, 1.165) is 24.3 Å². The van der Waals surface area contributed by atoms with Crippen molar-refractivity contribution in [3.63, 3.8) is 0 Å². The number of hydrogen-bond acceptors (Lipinski definition) is 3. The summed E-state index contributed by atoms with van der Waals surface area (Å²) in [5.41, 5.74) is -0.0429. The van der Waals surface area contributed by atoms with Gasteiger partial charge in [0.2, 0.25) is 5.06 Å². The summed E-state index contributed by atoms with van der Waals surface area (Å²) >= 11 is 5.36. The van der Waals surface area contributed by atoms with Crippen LogP contribution in [0.4, 0.5) is 13.2 Å². The molecule has 0 bridgehead atoms. The fraction of sp³-hybridized carbons (Fsp3) is 0.222. The van der Waals surface area contributed by atoms with Crippen molar-refractivity contribution < 1.29 is 27.8 Å². The van der Waals surface area contributed by atoms with E-state index in [9.17, 15) is 23.1 Å². The lowest BCUT2D eigenvalue weighted by Gasteiger charge is -2.14. The molecule has 0 aliphatic heterocycles. The minimum absolute atomic E-state index is 0.0429. The SMILES string of the molecule is O=CC(O)(Cl)c1ccc(OC(F)(F)F)cc1. The number of alkyl halides is 4. The van der Waals surface area contributed by atoms with E-state index in [0.29, 0.717) is 0 Å². The van der Waals surface area contributed by atoms with Gasteiger partial charge < -0.3 is 9.84 Å². The van der Waals surface area contributed by atoms with E-state index in [-0.39, 0.29) is 11.8 Å². The van der Waals surface area contributed by atoms with Gasteiger partial charge in [0.1, 0.15) is 5.75 Å². The molecule has 0 amide bonds. The first kappa shape index (κ1) is 12.8. The quantitative estimate of drug-likeness (QED) is 0.664. The van der Waals surface area contributed by atoms with Gasteiger partial charge in [0.15, 0.2) is 6.29 Å². The van der Waals surface area contributed by atoms with E-state index < -0.39 is 17.2 Å². The van der Waals surface area contributed by atoms with Gasteiger partial charge in [-0.05, 0) is 12.1 Å². The van der Waals surface area contributed by atoms with Crippen molar-refractivity contribution in [2.45, 2.75) is 11.4 Å². The van der Waals surface area contributed by atoms with Gasteiger partial charge in [-0.2, -0.15) is 0 Å². The Morgan fingerprint density at radius 3 is 2.12 bits per heavy atom. The molecule has 1 atom stereocenters. The molecule has 0 heterocycles. The lowest BCUT2D eigenvalue weighted by Crippen LogP contribution is -2.20. The van der Waals surface area contributed by atoms with Gasteiger partial charge in [-0.1, -0.05) is 23.7 Å².